The largest absolute Gasteiger partial charge is 0.416 e. The summed E-state index contributed by atoms with van der Waals surface area (Å²) in [4.78, 5) is 13.9. The number of nitrogens with zero attached hydrogens (tertiary/aromatic N) is 3. The van der Waals surface area contributed by atoms with E-state index in [2.05, 4.69) is 10.4 Å². The second-order valence-corrected chi connectivity index (χ2v) is 6.07. The van der Waals surface area contributed by atoms with Gasteiger partial charge in [-0.3, -0.25) is 14.4 Å². The average molecular weight is 354 g/mol. The number of hydrogen-bond acceptors (Lipinski definition) is 3. The highest BCUT2D eigenvalue weighted by Gasteiger charge is 2.30. The molecule has 1 aromatic heterocycles. The van der Waals surface area contributed by atoms with Gasteiger partial charge in [-0.15, -0.1) is 0 Å². The number of alkyl halides is 3. The van der Waals surface area contributed by atoms with Gasteiger partial charge in [0.2, 0.25) is 5.91 Å². The number of nitrogens with one attached hydrogen (secondary N) is 1. The molecule has 0 fully saturated rings. The molecule has 5 nitrogen and oxygen atoms in total. The van der Waals surface area contributed by atoms with E-state index in [4.69, 9.17) is 0 Å². The molecule has 0 saturated carbocycles. The highest BCUT2D eigenvalue weighted by molar-refractivity contribution is 5.92. The maximum absolute atomic E-state index is 12.7. The number of halogens is 3. The molecule has 8 heteroatoms. The topological polar surface area (TPSA) is 50.2 Å². The van der Waals surface area contributed by atoms with Crippen molar-refractivity contribution in [3.8, 4) is 0 Å². The van der Waals surface area contributed by atoms with Gasteiger partial charge >= 0.3 is 6.18 Å². The summed E-state index contributed by atoms with van der Waals surface area (Å²) in [5.41, 5.74) is 2.28. The minimum atomic E-state index is -4.44. The Morgan fingerprint density at radius 3 is 2.56 bits per heavy atom. The Morgan fingerprint density at radius 2 is 2.00 bits per heavy atom. The fourth-order valence-electron chi connectivity index (χ4n) is 2.59. The number of hydrogen-bond donors (Lipinski definition) is 1. The van der Waals surface area contributed by atoms with Crippen LogP contribution in [0.3, 0.4) is 0 Å². The number of carbonyl (C=O) groups is 1. The third-order valence-electron chi connectivity index (χ3n) is 3.97. The highest BCUT2D eigenvalue weighted by atomic mass is 19.4. The van der Waals surface area contributed by atoms with Crippen molar-refractivity contribution >= 4 is 11.6 Å². The SMILES string of the molecule is Cc1nn(C)c(C)c1CN(C)CC(=O)Nc1cccc(C(F)(F)F)c1. The van der Waals surface area contributed by atoms with Gasteiger partial charge < -0.3 is 5.32 Å². The van der Waals surface area contributed by atoms with Gasteiger partial charge in [0.15, 0.2) is 0 Å². The van der Waals surface area contributed by atoms with Crippen molar-refractivity contribution in [1.82, 2.24) is 14.7 Å². The van der Waals surface area contributed by atoms with Gasteiger partial charge in [-0.25, -0.2) is 0 Å². The number of carbonyl (C=O) groups excluding carboxylic acids is 1. The number of likely N-dealkylation sites (N-methyl/N-ethyl adjacent to an activating group) is 1. The molecule has 2 rings (SSSR count). The van der Waals surface area contributed by atoms with Gasteiger partial charge in [0, 0.05) is 30.5 Å². The number of amides is 1. The van der Waals surface area contributed by atoms with Crippen LogP contribution in [-0.4, -0.2) is 34.2 Å². The molecule has 2 aromatic rings. The monoisotopic (exact) mass is 354 g/mol. The predicted octanol–water partition coefficient (Wildman–Crippen LogP) is 3.13. The maximum atomic E-state index is 12.7. The molecule has 0 aliphatic rings. The summed E-state index contributed by atoms with van der Waals surface area (Å²) in [5.74, 6) is -0.374. The van der Waals surface area contributed by atoms with Crippen LogP contribution in [0.4, 0.5) is 18.9 Å². The normalized spacial score (nSPS) is 11.8. The third kappa shape index (κ3) is 4.82. The van der Waals surface area contributed by atoms with Gasteiger partial charge in [0.1, 0.15) is 0 Å². The third-order valence-corrected chi connectivity index (χ3v) is 3.97. The van der Waals surface area contributed by atoms with E-state index in [1.807, 2.05) is 20.9 Å². The first-order valence-electron chi connectivity index (χ1n) is 7.72. The fourth-order valence-corrected chi connectivity index (χ4v) is 2.59. The molecule has 0 bridgehead atoms. The molecular formula is C17H21F3N4O. The number of aromatic nitrogens is 2. The minimum Gasteiger partial charge on any atom is -0.325 e. The van der Waals surface area contributed by atoms with Crippen LogP contribution in [0.15, 0.2) is 24.3 Å². The molecule has 0 atom stereocenters. The highest BCUT2D eigenvalue weighted by Crippen LogP contribution is 2.30. The molecule has 0 aliphatic heterocycles. The van der Waals surface area contributed by atoms with E-state index in [9.17, 15) is 18.0 Å². The molecule has 0 radical (unpaired) electrons. The summed E-state index contributed by atoms with van der Waals surface area (Å²) < 4.78 is 39.9. The number of benzene rings is 1. The second-order valence-electron chi connectivity index (χ2n) is 6.07. The van der Waals surface area contributed by atoms with Crippen molar-refractivity contribution in [1.29, 1.82) is 0 Å². The quantitative estimate of drug-likeness (QED) is 0.898. The molecule has 1 aromatic carbocycles. The summed E-state index contributed by atoms with van der Waals surface area (Å²) in [6.07, 6.45) is -4.44. The minimum absolute atomic E-state index is 0.0595. The first kappa shape index (κ1) is 19.0. The van der Waals surface area contributed by atoms with Crippen LogP contribution >= 0.6 is 0 Å². The van der Waals surface area contributed by atoms with Crippen LogP contribution in [0, 0.1) is 13.8 Å². The van der Waals surface area contributed by atoms with E-state index in [0.29, 0.717) is 6.54 Å². The van der Waals surface area contributed by atoms with Crippen LogP contribution in [0.1, 0.15) is 22.5 Å². The summed E-state index contributed by atoms with van der Waals surface area (Å²) in [5, 5.41) is 6.83. The van der Waals surface area contributed by atoms with E-state index < -0.39 is 11.7 Å². The Labute approximate surface area is 144 Å². The zero-order valence-electron chi connectivity index (χ0n) is 14.6. The summed E-state index contributed by atoms with van der Waals surface area (Å²) in [7, 11) is 3.63. The molecule has 0 unspecified atom stereocenters. The van der Waals surface area contributed by atoms with E-state index in [1.165, 1.54) is 12.1 Å². The van der Waals surface area contributed by atoms with E-state index >= 15 is 0 Å². The maximum Gasteiger partial charge on any atom is 0.416 e. The molecule has 136 valence electrons. The van der Waals surface area contributed by atoms with E-state index in [1.54, 1.807) is 16.6 Å². The average Bonchev–Trinajstić information content (AvgIpc) is 2.73. The number of aryl methyl sites for hydroxylation is 2. The molecule has 1 heterocycles. The summed E-state index contributed by atoms with van der Waals surface area (Å²) in [6.45, 7) is 4.44. The zero-order chi connectivity index (χ0) is 18.8. The molecule has 0 saturated heterocycles. The lowest BCUT2D eigenvalue weighted by molar-refractivity contribution is -0.137. The van der Waals surface area contributed by atoms with Gasteiger partial charge in [0.05, 0.1) is 17.8 Å². The molecule has 0 aliphatic carbocycles. The molecule has 0 spiro atoms. The van der Waals surface area contributed by atoms with E-state index in [-0.39, 0.29) is 18.1 Å². The lowest BCUT2D eigenvalue weighted by Crippen LogP contribution is -2.30. The van der Waals surface area contributed by atoms with Crippen molar-refractivity contribution < 1.29 is 18.0 Å². The van der Waals surface area contributed by atoms with Gasteiger partial charge in [-0.1, -0.05) is 6.07 Å². The fraction of sp³-hybridized carbons (Fsp3) is 0.412. The summed E-state index contributed by atoms with van der Waals surface area (Å²) in [6, 6.07) is 4.59. The Kier molecular flexibility index (Phi) is 5.52. The van der Waals surface area contributed by atoms with Crippen molar-refractivity contribution in [2.45, 2.75) is 26.6 Å². The smallest absolute Gasteiger partial charge is 0.325 e. The lowest BCUT2D eigenvalue weighted by Gasteiger charge is -2.17. The second kappa shape index (κ2) is 7.26. The first-order chi connectivity index (χ1) is 11.6. The number of anilines is 1. The number of rotatable bonds is 5. The first-order valence-corrected chi connectivity index (χ1v) is 7.72. The Hall–Kier alpha value is -2.35. The van der Waals surface area contributed by atoms with Crippen LogP contribution in [0.2, 0.25) is 0 Å². The predicted molar refractivity (Wildman–Crippen MR) is 89.1 cm³/mol. The van der Waals surface area contributed by atoms with Crippen LogP contribution < -0.4 is 5.32 Å². The molecule has 1 N–H and O–H groups in total. The molecule has 1 amide bonds. The molecule has 25 heavy (non-hydrogen) atoms. The van der Waals surface area contributed by atoms with Crippen molar-refractivity contribution in [2.24, 2.45) is 7.05 Å². The standard InChI is InChI=1S/C17H21F3N4O/c1-11-15(12(2)24(4)22-11)9-23(3)10-16(25)21-14-7-5-6-13(8-14)17(18,19)20/h5-8H,9-10H2,1-4H3,(H,21,25). The Bertz CT molecular complexity index is 768. The van der Waals surface area contributed by atoms with Gasteiger partial charge in [-0.2, -0.15) is 18.3 Å². The molecular weight excluding hydrogens is 333 g/mol. The van der Waals surface area contributed by atoms with Gasteiger partial charge in [-0.05, 0) is 39.1 Å². The van der Waals surface area contributed by atoms with Crippen LogP contribution in [0.25, 0.3) is 0 Å². The van der Waals surface area contributed by atoms with Gasteiger partial charge in [0.25, 0.3) is 0 Å². The van der Waals surface area contributed by atoms with E-state index in [0.717, 1.165) is 29.1 Å². The van der Waals surface area contributed by atoms with Crippen LogP contribution in [0.5, 0.6) is 0 Å². The van der Waals surface area contributed by atoms with Crippen molar-refractivity contribution in [2.75, 3.05) is 18.9 Å². The van der Waals surface area contributed by atoms with Crippen LogP contribution in [-0.2, 0) is 24.6 Å². The summed E-state index contributed by atoms with van der Waals surface area (Å²) >= 11 is 0. The lowest BCUT2D eigenvalue weighted by atomic mass is 10.2. The Morgan fingerprint density at radius 1 is 1.32 bits per heavy atom. The Balaban J connectivity index is 1.98. The zero-order valence-corrected chi connectivity index (χ0v) is 14.6. The van der Waals surface area contributed by atoms with Crippen molar-refractivity contribution in [3.63, 3.8) is 0 Å². The van der Waals surface area contributed by atoms with Crippen molar-refractivity contribution in [3.05, 3.63) is 46.8 Å².